The van der Waals surface area contributed by atoms with Gasteiger partial charge in [-0.15, -0.1) is 0 Å². The van der Waals surface area contributed by atoms with Gasteiger partial charge in [-0.2, -0.15) is 0 Å². The summed E-state index contributed by atoms with van der Waals surface area (Å²) in [7, 11) is 0. The standard InChI is InChI=1S/C27H46O5/c1-6-17-20-12-16(28)9-10-26(20,4)21-13-22(29)27(5)18(14(2)11-15(3)25(31)32)7-8-19(27)23(21)24(17)30/h14-24,28-30H,6-13H2,1-5H3,(H,31,32)/t14-,15?,16-,17-,18?,19?,20?,21?,22+,23?,24-,26?,27?/m1/s1. The zero-order chi connectivity index (χ0) is 23.6. The molecule has 0 aromatic rings. The Morgan fingerprint density at radius 2 is 1.69 bits per heavy atom. The van der Waals surface area contributed by atoms with E-state index in [1.807, 2.05) is 0 Å². The summed E-state index contributed by atoms with van der Waals surface area (Å²) >= 11 is 0. The van der Waals surface area contributed by atoms with Gasteiger partial charge >= 0.3 is 5.97 Å². The van der Waals surface area contributed by atoms with Crippen LogP contribution in [0.15, 0.2) is 0 Å². The molecule has 0 aliphatic heterocycles. The molecule has 0 aromatic heterocycles. The molecule has 4 N–H and O–H groups in total. The third-order valence-electron chi connectivity index (χ3n) is 11.4. The highest BCUT2D eigenvalue weighted by molar-refractivity contribution is 5.69. The number of carboxylic acids is 1. The zero-order valence-corrected chi connectivity index (χ0v) is 20.7. The molecule has 0 heterocycles. The second-order valence-corrected chi connectivity index (χ2v) is 12.6. The minimum Gasteiger partial charge on any atom is -0.481 e. The number of hydrogen-bond acceptors (Lipinski definition) is 4. The number of aliphatic hydroxyl groups is 3. The fraction of sp³-hybridized carbons (Fsp3) is 0.963. The quantitative estimate of drug-likeness (QED) is 0.500. The van der Waals surface area contributed by atoms with Crippen molar-refractivity contribution in [2.45, 2.75) is 104 Å². The summed E-state index contributed by atoms with van der Waals surface area (Å²) in [4.78, 5) is 11.5. The molecular formula is C27H46O5. The second kappa shape index (κ2) is 8.53. The van der Waals surface area contributed by atoms with Crippen LogP contribution in [0.2, 0.25) is 0 Å². The van der Waals surface area contributed by atoms with E-state index in [-0.39, 0.29) is 64.5 Å². The molecule has 13 atom stereocenters. The lowest BCUT2D eigenvalue weighted by molar-refractivity contribution is -0.228. The number of carbonyl (C=O) groups is 1. The Hall–Kier alpha value is -0.650. The molecule has 184 valence electrons. The molecule has 0 spiro atoms. The van der Waals surface area contributed by atoms with Gasteiger partial charge in [0, 0.05) is 0 Å². The highest BCUT2D eigenvalue weighted by Gasteiger charge is 2.67. The molecule has 4 fully saturated rings. The Bertz CT molecular complexity index is 710. The summed E-state index contributed by atoms with van der Waals surface area (Å²) in [6.45, 7) is 10.8. The maximum absolute atomic E-state index is 11.8. The lowest BCUT2D eigenvalue weighted by Gasteiger charge is -2.65. The maximum atomic E-state index is 11.8. The van der Waals surface area contributed by atoms with Crippen molar-refractivity contribution >= 4 is 5.97 Å². The molecule has 4 saturated carbocycles. The van der Waals surface area contributed by atoms with Gasteiger partial charge in [-0.05, 0) is 97.2 Å². The first-order valence-electron chi connectivity index (χ1n) is 13.2. The smallest absolute Gasteiger partial charge is 0.306 e. The van der Waals surface area contributed by atoms with E-state index in [9.17, 15) is 25.2 Å². The monoisotopic (exact) mass is 450 g/mol. The molecule has 5 heteroatoms. The van der Waals surface area contributed by atoms with Crippen molar-refractivity contribution in [3.63, 3.8) is 0 Å². The third-order valence-corrected chi connectivity index (χ3v) is 11.4. The number of aliphatic carboxylic acids is 1. The van der Waals surface area contributed by atoms with Crippen molar-refractivity contribution in [3.05, 3.63) is 0 Å². The Kier molecular flexibility index (Phi) is 6.53. The number of aliphatic hydroxyl groups excluding tert-OH is 3. The molecule has 32 heavy (non-hydrogen) atoms. The van der Waals surface area contributed by atoms with Gasteiger partial charge in [0.05, 0.1) is 24.2 Å². The van der Waals surface area contributed by atoms with Gasteiger partial charge in [-0.25, -0.2) is 0 Å². The van der Waals surface area contributed by atoms with E-state index in [4.69, 9.17) is 0 Å². The van der Waals surface area contributed by atoms with E-state index in [0.717, 1.165) is 44.9 Å². The molecule has 4 aliphatic rings. The molecule has 0 aromatic carbocycles. The normalized spacial score (nSPS) is 52.4. The van der Waals surface area contributed by atoms with Crippen molar-refractivity contribution in [2.24, 2.45) is 58.2 Å². The molecule has 0 saturated heterocycles. The van der Waals surface area contributed by atoms with Crippen molar-refractivity contribution in [2.75, 3.05) is 0 Å². The van der Waals surface area contributed by atoms with Gasteiger partial charge in [0.2, 0.25) is 0 Å². The zero-order valence-electron chi connectivity index (χ0n) is 20.7. The Morgan fingerprint density at radius 1 is 1.00 bits per heavy atom. The van der Waals surface area contributed by atoms with Crippen molar-refractivity contribution < 1.29 is 25.2 Å². The van der Waals surface area contributed by atoms with Crippen LogP contribution in [0.3, 0.4) is 0 Å². The molecule has 4 rings (SSSR count). The van der Waals surface area contributed by atoms with E-state index in [0.29, 0.717) is 12.3 Å². The highest BCUT2D eigenvalue weighted by atomic mass is 16.4. The number of rotatable bonds is 5. The SMILES string of the molecule is CC[C@@H]1C2C[C@H](O)CCC2(C)C2C[C@H](O)C3(C)C(CCC3[C@H](C)CC(C)C(=O)O)C2[C@@H]1O. The lowest BCUT2D eigenvalue weighted by atomic mass is 9.41. The highest BCUT2D eigenvalue weighted by Crippen LogP contribution is 2.69. The van der Waals surface area contributed by atoms with Crippen LogP contribution < -0.4 is 0 Å². The molecule has 0 bridgehead atoms. The lowest BCUT2D eigenvalue weighted by Crippen LogP contribution is -2.65. The van der Waals surface area contributed by atoms with E-state index >= 15 is 0 Å². The molecular weight excluding hydrogens is 404 g/mol. The van der Waals surface area contributed by atoms with Crippen LogP contribution in [0.4, 0.5) is 0 Å². The molecule has 4 aliphatic carbocycles. The minimum absolute atomic E-state index is 0.0631. The van der Waals surface area contributed by atoms with E-state index in [2.05, 4.69) is 27.7 Å². The summed E-state index contributed by atoms with van der Waals surface area (Å²) in [6, 6.07) is 0. The van der Waals surface area contributed by atoms with Gasteiger partial charge in [-0.3, -0.25) is 4.79 Å². The van der Waals surface area contributed by atoms with Gasteiger partial charge in [-0.1, -0.05) is 41.0 Å². The summed E-state index contributed by atoms with van der Waals surface area (Å²) in [5.41, 5.74) is -0.205. The van der Waals surface area contributed by atoms with Crippen LogP contribution in [0.25, 0.3) is 0 Å². The molecule has 0 radical (unpaired) electrons. The first kappa shape index (κ1) is 24.5. The first-order valence-corrected chi connectivity index (χ1v) is 13.2. The Balaban J connectivity index is 1.66. The summed E-state index contributed by atoms with van der Waals surface area (Å²) < 4.78 is 0. The third kappa shape index (κ3) is 3.48. The van der Waals surface area contributed by atoms with Crippen LogP contribution >= 0.6 is 0 Å². The largest absolute Gasteiger partial charge is 0.481 e. The van der Waals surface area contributed by atoms with Crippen LogP contribution in [-0.2, 0) is 4.79 Å². The van der Waals surface area contributed by atoms with Crippen LogP contribution in [0, 0.1) is 58.2 Å². The Morgan fingerprint density at radius 3 is 2.31 bits per heavy atom. The van der Waals surface area contributed by atoms with E-state index in [1.54, 1.807) is 6.92 Å². The number of fused-ring (bicyclic) bond motifs is 5. The van der Waals surface area contributed by atoms with Gasteiger partial charge in [0.15, 0.2) is 0 Å². The van der Waals surface area contributed by atoms with Gasteiger partial charge in [0.25, 0.3) is 0 Å². The number of hydrogen-bond donors (Lipinski definition) is 4. The topological polar surface area (TPSA) is 98.0 Å². The van der Waals surface area contributed by atoms with Crippen molar-refractivity contribution in [1.82, 2.24) is 0 Å². The first-order chi connectivity index (χ1) is 15.0. The molecule has 0 amide bonds. The van der Waals surface area contributed by atoms with Crippen molar-refractivity contribution in [3.8, 4) is 0 Å². The Labute approximate surface area is 194 Å². The predicted octanol–water partition coefficient (Wildman–Crippen LogP) is 4.33. The molecule has 5 nitrogen and oxygen atoms in total. The average molecular weight is 451 g/mol. The summed E-state index contributed by atoms with van der Waals surface area (Å²) in [5, 5.41) is 43.3. The van der Waals surface area contributed by atoms with E-state index in [1.165, 1.54) is 0 Å². The van der Waals surface area contributed by atoms with Crippen LogP contribution in [0.1, 0.15) is 86.0 Å². The molecule has 8 unspecified atom stereocenters. The van der Waals surface area contributed by atoms with Crippen LogP contribution in [0.5, 0.6) is 0 Å². The number of carboxylic acid groups (broad SMARTS) is 1. The van der Waals surface area contributed by atoms with Crippen molar-refractivity contribution in [1.29, 1.82) is 0 Å². The van der Waals surface area contributed by atoms with E-state index < -0.39 is 12.1 Å². The summed E-state index contributed by atoms with van der Waals surface area (Å²) in [6.07, 6.45) is 5.85. The summed E-state index contributed by atoms with van der Waals surface area (Å²) in [5.74, 6) is 0.687. The maximum Gasteiger partial charge on any atom is 0.306 e. The predicted molar refractivity (Wildman–Crippen MR) is 124 cm³/mol. The second-order valence-electron chi connectivity index (χ2n) is 12.6. The fourth-order valence-corrected chi connectivity index (χ4v) is 9.71. The van der Waals surface area contributed by atoms with Crippen LogP contribution in [-0.4, -0.2) is 44.7 Å². The minimum atomic E-state index is -0.743. The average Bonchev–Trinajstić information content (AvgIpc) is 3.09. The van der Waals surface area contributed by atoms with Gasteiger partial charge in [0.1, 0.15) is 0 Å². The fourth-order valence-electron chi connectivity index (χ4n) is 9.71. The van der Waals surface area contributed by atoms with Gasteiger partial charge < -0.3 is 20.4 Å².